The first-order valence-electron chi connectivity index (χ1n) is 8.64. The minimum Gasteiger partial charge on any atom is -0.493 e. The summed E-state index contributed by atoms with van der Waals surface area (Å²) < 4.78 is 7.74. The highest BCUT2D eigenvalue weighted by molar-refractivity contribution is 5.61. The first-order chi connectivity index (χ1) is 12.3. The van der Waals surface area contributed by atoms with Gasteiger partial charge in [0.25, 0.3) is 0 Å². The molecule has 0 saturated heterocycles. The highest BCUT2D eigenvalue weighted by Crippen LogP contribution is 2.26. The molecule has 25 heavy (non-hydrogen) atoms. The van der Waals surface area contributed by atoms with E-state index >= 15 is 0 Å². The van der Waals surface area contributed by atoms with Gasteiger partial charge >= 0.3 is 0 Å². The minimum atomic E-state index is 0.496. The minimum absolute atomic E-state index is 0.496. The van der Waals surface area contributed by atoms with Gasteiger partial charge in [0, 0.05) is 55.8 Å². The van der Waals surface area contributed by atoms with Crippen LogP contribution in [0.25, 0.3) is 11.3 Å². The van der Waals surface area contributed by atoms with Crippen molar-refractivity contribution in [3.8, 4) is 17.0 Å². The van der Waals surface area contributed by atoms with E-state index in [0.29, 0.717) is 5.92 Å². The third kappa shape index (κ3) is 3.56. The van der Waals surface area contributed by atoms with Crippen molar-refractivity contribution in [3.05, 3.63) is 66.1 Å². The number of rotatable bonds is 5. The second-order valence-corrected chi connectivity index (χ2v) is 6.53. The third-order valence-corrected chi connectivity index (χ3v) is 4.56. The lowest BCUT2D eigenvalue weighted by Crippen LogP contribution is -2.31. The molecule has 1 aliphatic rings. The van der Waals surface area contributed by atoms with Crippen molar-refractivity contribution < 1.29 is 4.74 Å². The molecular weight excluding hydrogens is 312 g/mol. The number of pyridine rings is 1. The van der Waals surface area contributed by atoms with E-state index in [1.807, 2.05) is 29.9 Å². The van der Waals surface area contributed by atoms with Gasteiger partial charge in [0.15, 0.2) is 0 Å². The first kappa shape index (κ1) is 15.8. The van der Waals surface area contributed by atoms with Crippen LogP contribution >= 0.6 is 0 Å². The smallest absolute Gasteiger partial charge is 0.122 e. The van der Waals surface area contributed by atoms with Gasteiger partial charge in [0.2, 0.25) is 0 Å². The van der Waals surface area contributed by atoms with Gasteiger partial charge in [-0.05, 0) is 30.2 Å². The Labute approximate surface area is 147 Å². The fourth-order valence-corrected chi connectivity index (χ4v) is 3.35. The van der Waals surface area contributed by atoms with E-state index in [0.717, 1.165) is 43.1 Å². The first-order valence-corrected chi connectivity index (χ1v) is 8.64. The molecule has 0 spiro atoms. The zero-order valence-electron chi connectivity index (χ0n) is 14.4. The van der Waals surface area contributed by atoms with Gasteiger partial charge in [0.05, 0.1) is 12.3 Å². The van der Waals surface area contributed by atoms with Gasteiger partial charge in [-0.1, -0.05) is 18.2 Å². The maximum Gasteiger partial charge on any atom is 0.122 e. The van der Waals surface area contributed by atoms with E-state index in [4.69, 9.17) is 4.74 Å². The molecule has 0 aliphatic carbocycles. The summed E-state index contributed by atoms with van der Waals surface area (Å²) in [4.78, 5) is 4.09. The van der Waals surface area contributed by atoms with Crippen molar-refractivity contribution in [2.75, 3.05) is 13.2 Å². The zero-order valence-corrected chi connectivity index (χ0v) is 14.4. The topological polar surface area (TPSA) is 52.0 Å². The molecule has 1 aromatic carbocycles. The number of nitrogens with zero attached hydrogens (tertiary/aromatic N) is 3. The maximum atomic E-state index is 5.87. The number of fused-ring (bicyclic) bond motifs is 1. The Kier molecular flexibility index (Phi) is 4.48. The fraction of sp³-hybridized carbons (Fsp3) is 0.300. The van der Waals surface area contributed by atoms with Crippen molar-refractivity contribution in [1.82, 2.24) is 20.1 Å². The summed E-state index contributed by atoms with van der Waals surface area (Å²) in [7, 11) is 1.96. The maximum absolute atomic E-state index is 5.87. The van der Waals surface area contributed by atoms with Crippen LogP contribution in [-0.2, 0) is 20.0 Å². The monoisotopic (exact) mass is 334 g/mol. The number of para-hydroxylation sites is 1. The van der Waals surface area contributed by atoms with Crippen molar-refractivity contribution in [1.29, 1.82) is 0 Å². The number of benzene rings is 1. The molecule has 5 heteroatoms. The predicted molar refractivity (Wildman–Crippen MR) is 97.3 cm³/mol. The molecule has 5 nitrogen and oxygen atoms in total. The molecule has 0 saturated carbocycles. The molecular formula is C20H22N4O. The van der Waals surface area contributed by atoms with E-state index in [-0.39, 0.29) is 0 Å². The standard InChI is InChI=1S/C20H22N4O/c1-24-13-18(20(23-24)16-6-8-21-9-7-16)12-22-11-15-10-17-4-2-3-5-19(17)25-14-15/h2-9,13,15,22H,10-12,14H2,1H3. The van der Waals surface area contributed by atoms with Crippen LogP contribution in [0.4, 0.5) is 0 Å². The summed E-state index contributed by atoms with van der Waals surface area (Å²) in [6.07, 6.45) is 6.75. The van der Waals surface area contributed by atoms with Crippen LogP contribution in [0.2, 0.25) is 0 Å². The Morgan fingerprint density at radius 1 is 1.20 bits per heavy atom. The molecule has 4 rings (SSSR count). The Morgan fingerprint density at radius 2 is 2.04 bits per heavy atom. The molecule has 1 atom stereocenters. The van der Waals surface area contributed by atoms with Gasteiger partial charge in [0.1, 0.15) is 5.75 Å². The van der Waals surface area contributed by atoms with Crippen LogP contribution in [-0.4, -0.2) is 27.9 Å². The average Bonchev–Trinajstić information content (AvgIpc) is 3.03. The second kappa shape index (κ2) is 7.07. The second-order valence-electron chi connectivity index (χ2n) is 6.53. The molecule has 3 heterocycles. The van der Waals surface area contributed by atoms with Gasteiger partial charge in [-0.15, -0.1) is 0 Å². The SMILES string of the molecule is Cn1cc(CNCC2COc3ccccc3C2)c(-c2ccncc2)n1. The molecule has 0 amide bonds. The number of hydrogen-bond acceptors (Lipinski definition) is 4. The van der Waals surface area contributed by atoms with Crippen LogP contribution in [0.1, 0.15) is 11.1 Å². The van der Waals surface area contributed by atoms with Gasteiger partial charge in [-0.3, -0.25) is 9.67 Å². The Morgan fingerprint density at radius 3 is 2.92 bits per heavy atom. The average molecular weight is 334 g/mol. The fourth-order valence-electron chi connectivity index (χ4n) is 3.35. The van der Waals surface area contributed by atoms with Crippen molar-refractivity contribution >= 4 is 0 Å². The Hall–Kier alpha value is -2.66. The molecule has 1 N–H and O–H groups in total. The van der Waals surface area contributed by atoms with Crippen LogP contribution in [0.5, 0.6) is 5.75 Å². The predicted octanol–water partition coefficient (Wildman–Crippen LogP) is 2.82. The number of aryl methyl sites for hydroxylation is 1. The van der Waals surface area contributed by atoms with E-state index in [1.165, 1.54) is 11.1 Å². The molecule has 3 aromatic rings. The summed E-state index contributed by atoms with van der Waals surface area (Å²) in [5.74, 6) is 1.53. The largest absolute Gasteiger partial charge is 0.493 e. The molecule has 0 bridgehead atoms. The molecule has 1 aliphatic heterocycles. The summed E-state index contributed by atoms with van der Waals surface area (Å²) in [5, 5.41) is 8.18. The quantitative estimate of drug-likeness (QED) is 0.779. The van der Waals surface area contributed by atoms with Crippen LogP contribution in [0, 0.1) is 5.92 Å². The molecule has 0 fully saturated rings. The lowest BCUT2D eigenvalue weighted by Gasteiger charge is -2.25. The third-order valence-electron chi connectivity index (χ3n) is 4.56. The normalized spacial score (nSPS) is 16.3. The van der Waals surface area contributed by atoms with E-state index < -0.39 is 0 Å². The van der Waals surface area contributed by atoms with Gasteiger partial charge in [-0.25, -0.2) is 0 Å². The van der Waals surface area contributed by atoms with Gasteiger partial charge < -0.3 is 10.1 Å². The van der Waals surface area contributed by atoms with Crippen LogP contribution in [0.3, 0.4) is 0 Å². The molecule has 1 unspecified atom stereocenters. The van der Waals surface area contributed by atoms with Crippen LogP contribution in [0.15, 0.2) is 55.0 Å². The zero-order chi connectivity index (χ0) is 17.1. The highest BCUT2D eigenvalue weighted by atomic mass is 16.5. The molecule has 0 radical (unpaired) electrons. The lowest BCUT2D eigenvalue weighted by molar-refractivity contribution is 0.218. The Bertz CT molecular complexity index is 844. The molecule has 2 aromatic heterocycles. The van der Waals surface area contributed by atoms with E-state index in [9.17, 15) is 0 Å². The summed E-state index contributed by atoms with van der Waals surface area (Å²) in [5.41, 5.74) is 4.62. The number of ether oxygens (including phenoxy) is 1. The van der Waals surface area contributed by atoms with E-state index in [2.05, 4.69) is 39.8 Å². The van der Waals surface area contributed by atoms with Crippen molar-refractivity contribution in [2.45, 2.75) is 13.0 Å². The van der Waals surface area contributed by atoms with Crippen molar-refractivity contribution in [3.63, 3.8) is 0 Å². The Balaban J connectivity index is 1.38. The van der Waals surface area contributed by atoms with E-state index in [1.54, 1.807) is 12.4 Å². The van der Waals surface area contributed by atoms with Gasteiger partial charge in [-0.2, -0.15) is 5.10 Å². The number of aromatic nitrogens is 3. The lowest BCUT2D eigenvalue weighted by atomic mass is 9.96. The van der Waals surface area contributed by atoms with Crippen LogP contribution < -0.4 is 10.1 Å². The summed E-state index contributed by atoms with van der Waals surface area (Å²) >= 11 is 0. The summed E-state index contributed by atoms with van der Waals surface area (Å²) in [6.45, 7) is 2.50. The molecule has 128 valence electrons. The summed E-state index contributed by atoms with van der Waals surface area (Å²) in [6, 6.07) is 12.3. The number of nitrogens with one attached hydrogen (secondary N) is 1. The number of hydrogen-bond donors (Lipinski definition) is 1. The highest BCUT2D eigenvalue weighted by Gasteiger charge is 2.19. The van der Waals surface area contributed by atoms with Crippen molar-refractivity contribution in [2.24, 2.45) is 13.0 Å².